The molecule has 0 spiro atoms. The normalized spacial score (nSPS) is 19.5. The average molecular weight is 438 g/mol. The summed E-state index contributed by atoms with van der Waals surface area (Å²) in [7, 11) is 0. The molecule has 0 bridgehead atoms. The second kappa shape index (κ2) is 9.11. The van der Waals surface area contributed by atoms with Crippen LogP contribution < -0.4 is 10.6 Å². The highest BCUT2D eigenvalue weighted by atomic mass is 127. The van der Waals surface area contributed by atoms with Crippen LogP contribution >= 0.6 is 24.0 Å². The highest BCUT2D eigenvalue weighted by molar-refractivity contribution is 14.0. The summed E-state index contributed by atoms with van der Waals surface area (Å²) in [6.45, 7) is 6.88. The second-order valence-corrected chi connectivity index (χ2v) is 6.13. The smallest absolute Gasteiger partial charge is 0.191 e. The minimum Gasteiger partial charge on any atom is -0.357 e. The van der Waals surface area contributed by atoms with E-state index in [0.717, 1.165) is 25.6 Å². The van der Waals surface area contributed by atoms with E-state index in [1.54, 1.807) is 0 Å². The van der Waals surface area contributed by atoms with Crippen molar-refractivity contribution in [2.45, 2.75) is 38.8 Å². The molecule has 0 aliphatic heterocycles. The fourth-order valence-electron chi connectivity index (χ4n) is 2.99. The van der Waals surface area contributed by atoms with Gasteiger partial charge in [0, 0.05) is 37.4 Å². The van der Waals surface area contributed by atoms with E-state index in [2.05, 4.69) is 65.7 Å². The molecule has 1 aliphatic rings. The number of benzene rings is 1. The first-order chi connectivity index (χ1) is 11.3. The number of nitrogens with zero attached hydrogens (tertiary/aromatic N) is 2. The molecular formula is C19H27IN4. The van der Waals surface area contributed by atoms with Gasteiger partial charge in [-0.15, -0.1) is 24.0 Å². The molecule has 2 unspecified atom stereocenters. The Morgan fingerprint density at radius 3 is 2.67 bits per heavy atom. The van der Waals surface area contributed by atoms with E-state index in [-0.39, 0.29) is 24.0 Å². The number of aromatic nitrogens is 1. The van der Waals surface area contributed by atoms with E-state index in [1.807, 2.05) is 12.1 Å². The predicted octanol–water partition coefficient (Wildman–Crippen LogP) is 3.53. The number of nitrogens with one attached hydrogen (secondary N) is 2. The standard InChI is InChI=1S/C19H26N4.HI/c1-3-20-19(21-10-13-23-11-6-7-12-23)22-18-14-17(18)16-9-5-4-8-15(16)2;/h4-9,11-12,17-18H,3,10,13-14H2,1-2H3,(H2,20,21,22);1H. The molecule has 5 heteroatoms. The Morgan fingerprint density at radius 1 is 1.21 bits per heavy atom. The van der Waals surface area contributed by atoms with Crippen LogP contribution in [0.4, 0.5) is 0 Å². The molecule has 3 rings (SSSR count). The predicted molar refractivity (Wildman–Crippen MR) is 111 cm³/mol. The summed E-state index contributed by atoms with van der Waals surface area (Å²) >= 11 is 0. The molecule has 1 fully saturated rings. The quantitative estimate of drug-likeness (QED) is 0.412. The summed E-state index contributed by atoms with van der Waals surface area (Å²) in [4.78, 5) is 4.69. The molecule has 24 heavy (non-hydrogen) atoms. The molecule has 2 atom stereocenters. The molecule has 0 amide bonds. The van der Waals surface area contributed by atoms with Crippen LogP contribution in [-0.4, -0.2) is 29.7 Å². The molecular weight excluding hydrogens is 411 g/mol. The Kier molecular flexibility index (Phi) is 7.15. The third-order valence-electron chi connectivity index (χ3n) is 4.34. The van der Waals surface area contributed by atoms with Crippen LogP contribution in [0.5, 0.6) is 0 Å². The minimum absolute atomic E-state index is 0. The van der Waals surface area contributed by atoms with Gasteiger partial charge in [0.05, 0.1) is 6.54 Å². The highest BCUT2D eigenvalue weighted by Crippen LogP contribution is 2.41. The third kappa shape index (κ3) is 5.00. The number of aryl methyl sites for hydroxylation is 1. The Hall–Kier alpha value is -1.50. The lowest BCUT2D eigenvalue weighted by Crippen LogP contribution is -2.39. The van der Waals surface area contributed by atoms with Crippen molar-refractivity contribution in [2.75, 3.05) is 13.1 Å². The maximum atomic E-state index is 4.69. The zero-order valence-electron chi connectivity index (χ0n) is 14.4. The number of aliphatic imine (C=N–C) groups is 1. The molecule has 4 nitrogen and oxygen atoms in total. The van der Waals surface area contributed by atoms with Gasteiger partial charge in [0.2, 0.25) is 0 Å². The number of rotatable bonds is 6. The fraction of sp³-hybridized carbons (Fsp3) is 0.421. The Morgan fingerprint density at radius 2 is 1.96 bits per heavy atom. The molecule has 1 heterocycles. The van der Waals surface area contributed by atoms with Crippen molar-refractivity contribution in [2.24, 2.45) is 4.99 Å². The summed E-state index contributed by atoms with van der Waals surface area (Å²) in [5.74, 6) is 1.55. The van der Waals surface area contributed by atoms with E-state index in [1.165, 1.54) is 17.5 Å². The molecule has 1 saturated carbocycles. The zero-order chi connectivity index (χ0) is 16.1. The lowest BCUT2D eigenvalue weighted by Gasteiger charge is -2.12. The van der Waals surface area contributed by atoms with Gasteiger partial charge in [-0.25, -0.2) is 0 Å². The van der Waals surface area contributed by atoms with Gasteiger partial charge in [0.1, 0.15) is 0 Å². The lowest BCUT2D eigenvalue weighted by atomic mass is 10.0. The first-order valence-electron chi connectivity index (χ1n) is 8.49. The topological polar surface area (TPSA) is 41.4 Å². The van der Waals surface area contributed by atoms with Gasteiger partial charge in [0.15, 0.2) is 5.96 Å². The summed E-state index contributed by atoms with van der Waals surface area (Å²) in [5, 5.41) is 6.93. The van der Waals surface area contributed by atoms with Crippen molar-refractivity contribution in [1.29, 1.82) is 0 Å². The Labute approximate surface area is 161 Å². The van der Waals surface area contributed by atoms with Crippen molar-refractivity contribution >= 4 is 29.9 Å². The first kappa shape index (κ1) is 18.8. The van der Waals surface area contributed by atoms with E-state index < -0.39 is 0 Å². The number of hydrogen-bond acceptors (Lipinski definition) is 1. The summed E-state index contributed by atoms with van der Waals surface area (Å²) in [6, 6.07) is 13.3. The average Bonchev–Trinajstić information content (AvgIpc) is 3.09. The van der Waals surface area contributed by atoms with Crippen molar-refractivity contribution in [3.8, 4) is 0 Å². The SMILES string of the molecule is CCNC(=NCCn1cccc1)NC1CC1c1ccccc1C.I. The molecule has 1 aliphatic carbocycles. The molecule has 1 aromatic heterocycles. The minimum atomic E-state index is 0. The van der Waals surface area contributed by atoms with Crippen LogP contribution in [0.3, 0.4) is 0 Å². The highest BCUT2D eigenvalue weighted by Gasteiger charge is 2.39. The van der Waals surface area contributed by atoms with Crippen molar-refractivity contribution < 1.29 is 0 Å². The van der Waals surface area contributed by atoms with Crippen LogP contribution in [-0.2, 0) is 6.54 Å². The maximum absolute atomic E-state index is 4.69. The van der Waals surface area contributed by atoms with Crippen LogP contribution in [0, 0.1) is 6.92 Å². The maximum Gasteiger partial charge on any atom is 0.191 e. The first-order valence-corrected chi connectivity index (χ1v) is 8.49. The van der Waals surface area contributed by atoms with E-state index in [0.29, 0.717) is 12.0 Å². The molecule has 2 aromatic rings. The van der Waals surface area contributed by atoms with Crippen LogP contribution in [0.1, 0.15) is 30.4 Å². The Balaban J connectivity index is 0.00000208. The number of halogens is 1. The molecule has 0 radical (unpaired) electrons. The summed E-state index contributed by atoms with van der Waals surface area (Å²) < 4.78 is 2.15. The summed E-state index contributed by atoms with van der Waals surface area (Å²) in [6.07, 6.45) is 5.34. The van der Waals surface area contributed by atoms with Crippen LogP contribution in [0.15, 0.2) is 53.8 Å². The molecule has 0 saturated heterocycles. The van der Waals surface area contributed by atoms with E-state index in [9.17, 15) is 0 Å². The van der Waals surface area contributed by atoms with Gasteiger partial charge in [-0.2, -0.15) is 0 Å². The van der Waals surface area contributed by atoms with Crippen LogP contribution in [0.2, 0.25) is 0 Å². The summed E-state index contributed by atoms with van der Waals surface area (Å²) in [5.41, 5.74) is 2.85. The third-order valence-corrected chi connectivity index (χ3v) is 4.34. The van der Waals surface area contributed by atoms with Crippen LogP contribution in [0.25, 0.3) is 0 Å². The van der Waals surface area contributed by atoms with Gasteiger partial charge in [0.25, 0.3) is 0 Å². The second-order valence-electron chi connectivity index (χ2n) is 6.13. The van der Waals surface area contributed by atoms with Gasteiger partial charge in [-0.1, -0.05) is 24.3 Å². The van der Waals surface area contributed by atoms with Gasteiger partial charge < -0.3 is 15.2 Å². The molecule has 130 valence electrons. The fourth-order valence-corrected chi connectivity index (χ4v) is 2.99. The monoisotopic (exact) mass is 438 g/mol. The van der Waals surface area contributed by atoms with Gasteiger partial charge in [-0.3, -0.25) is 4.99 Å². The van der Waals surface area contributed by atoms with E-state index in [4.69, 9.17) is 4.99 Å². The lowest BCUT2D eigenvalue weighted by molar-refractivity contribution is 0.702. The number of hydrogen-bond donors (Lipinski definition) is 2. The molecule has 2 N–H and O–H groups in total. The van der Waals surface area contributed by atoms with Gasteiger partial charge in [-0.05, 0) is 43.5 Å². The van der Waals surface area contributed by atoms with Crippen molar-refractivity contribution in [1.82, 2.24) is 15.2 Å². The van der Waals surface area contributed by atoms with Gasteiger partial charge >= 0.3 is 0 Å². The van der Waals surface area contributed by atoms with Crippen molar-refractivity contribution in [3.63, 3.8) is 0 Å². The molecule has 1 aromatic carbocycles. The van der Waals surface area contributed by atoms with Crippen molar-refractivity contribution in [3.05, 3.63) is 59.9 Å². The van der Waals surface area contributed by atoms with E-state index >= 15 is 0 Å². The zero-order valence-corrected chi connectivity index (χ0v) is 16.7. The largest absolute Gasteiger partial charge is 0.357 e. The number of guanidine groups is 1. The Bertz CT molecular complexity index is 651.